The summed E-state index contributed by atoms with van der Waals surface area (Å²) < 4.78 is 5.22. The van der Waals surface area contributed by atoms with Crippen LogP contribution in [0.3, 0.4) is 0 Å². The van der Waals surface area contributed by atoms with Crippen molar-refractivity contribution in [2.24, 2.45) is 0 Å². The first-order valence-corrected chi connectivity index (χ1v) is 5.43. The number of nitriles is 1. The van der Waals surface area contributed by atoms with Gasteiger partial charge in [-0.15, -0.1) is 0 Å². The van der Waals surface area contributed by atoms with Gasteiger partial charge in [-0.1, -0.05) is 19.9 Å². The summed E-state index contributed by atoms with van der Waals surface area (Å²) in [6.45, 7) is 4.17. The lowest BCUT2D eigenvalue weighted by Crippen LogP contribution is -2.11. The van der Waals surface area contributed by atoms with E-state index in [1.807, 2.05) is 12.1 Å². The molecule has 90 valence electrons. The fourth-order valence-corrected chi connectivity index (χ4v) is 1.44. The fourth-order valence-electron chi connectivity index (χ4n) is 1.44. The van der Waals surface area contributed by atoms with Crippen LogP contribution in [0.25, 0.3) is 0 Å². The van der Waals surface area contributed by atoms with Gasteiger partial charge in [0.15, 0.2) is 0 Å². The van der Waals surface area contributed by atoms with Crippen molar-refractivity contribution in [1.82, 2.24) is 0 Å². The molecule has 0 saturated carbocycles. The van der Waals surface area contributed by atoms with Crippen LogP contribution in [0, 0.1) is 11.3 Å². The Hall–Kier alpha value is -2.02. The monoisotopic (exact) mass is 232 g/mol. The van der Waals surface area contributed by atoms with E-state index in [9.17, 15) is 4.79 Å². The smallest absolute Gasteiger partial charge is 0.238 e. The van der Waals surface area contributed by atoms with E-state index in [2.05, 4.69) is 19.2 Å². The van der Waals surface area contributed by atoms with Crippen molar-refractivity contribution in [2.75, 3.05) is 12.4 Å². The molecular formula is C13H16N2O2. The normalized spacial score (nSPS) is 9.82. The number of benzene rings is 1. The summed E-state index contributed by atoms with van der Waals surface area (Å²) in [4.78, 5) is 11.3. The van der Waals surface area contributed by atoms with Gasteiger partial charge in [0.2, 0.25) is 5.91 Å². The Morgan fingerprint density at radius 2 is 2.24 bits per heavy atom. The number of amides is 1. The summed E-state index contributed by atoms with van der Waals surface area (Å²) in [5.74, 6) is 0.679. The minimum atomic E-state index is -0.330. The summed E-state index contributed by atoms with van der Waals surface area (Å²) in [6, 6.07) is 7.43. The first-order valence-electron chi connectivity index (χ1n) is 5.43. The first kappa shape index (κ1) is 13.0. The molecule has 4 nitrogen and oxygen atoms in total. The number of nitrogens with zero attached hydrogens (tertiary/aromatic N) is 1. The van der Waals surface area contributed by atoms with Crippen molar-refractivity contribution in [2.45, 2.75) is 26.2 Å². The standard InChI is InChI=1S/C13H16N2O2/c1-9(2)10-4-5-11(12(8-10)17-3)15-13(16)6-7-14/h4-5,8-9H,6H2,1-3H3,(H,15,16). The Labute approximate surface area is 101 Å². The van der Waals surface area contributed by atoms with Crippen LogP contribution in [0.1, 0.15) is 31.7 Å². The van der Waals surface area contributed by atoms with Crippen molar-refractivity contribution in [3.63, 3.8) is 0 Å². The molecule has 1 amide bonds. The highest BCUT2D eigenvalue weighted by Gasteiger charge is 2.09. The molecule has 17 heavy (non-hydrogen) atoms. The zero-order chi connectivity index (χ0) is 12.8. The predicted molar refractivity (Wildman–Crippen MR) is 65.9 cm³/mol. The van der Waals surface area contributed by atoms with Crippen LogP contribution in [-0.2, 0) is 4.79 Å². The second-order valence-electron chi connectivity index (χ2n) is 4.00. The summed E-state index contributed by atoms with van der Waals surface area (Å²) >= 11 is 0. The Morgan fingerprint density at radius 1 is 1.53 bits per heavy atom. The molecule has 0 aliphatic rings. The maximum absolute atomic E-state index is 11.3. The largest absolute Gasteiger partial charge is 0.495 e. The highest BCUT2D eigenvalue weighted by Crippen LogP contribution is 2.28. The van der Waals surface area contributed by atoms with Gasteiger partial charge in [0.05, 0.1) is 18.9 Å². The molecule has 0 aliphatic carbocycles. The van der Waals surface area contributed by atoms with E-state index >= 15 is 0 Å². The molecule has 0 saturated heterocycles. The van der Waals surface area contributed by atoms with E-state index in [1.54, 1.807) is 19.2 Å². The van der Waals surface area contributed by atoms with Crippen LogP contribution in [0.5, 0.6) is 5.75 Å². The van der Waals surface area contributed by atoms with Crippen LogP contribution < -0.4 is 10.1 Å². The molecule has 0 radical (unpaired) electrons. The van der Waals surface area contributed by atoms with E-state index < -0.39 is 0 Å². The highest BCUT2D eigenvalue weighted by molar-refractivity contribution is 5.93. The molecule has 1 rings (SSSR count). The molecule has 1 aromatic rings. The molecule has 0 atom stereocenters. The topological polar surface area (TPSA) is 62.1 Å². The second-order valence-corrected chi connectivity index (χ2v) is 4.00. The quantitative estimate of drug-likeness (QED) is 0.868. The second kappa shape index (κ2) is 5.90. The number of methoxy groups -OCH3 is 1. The van der Waals surface area contributed by atoms with Gasteiger partial charge < -0.3 is 10.1 Å². The van der Waals surface area contributed by atoms with Crippen LogP contribution in [0.4, 0.5) is 5.69 Å². The SMILES string of the molecule is COc1cc(C(C)C)ccc1NC(=O)CC#N. The molecule has 4 heteroatoms. The number of hydrogen-bond donors (Lipinski definition) is 1. The predicted octanol–water partition coefficient (Wildman–Crippen LogP) is 2.67. The summed E-state index contributed by atoms with van der Waals surface area (Å²) in [6.07, 6.45) is -0.158. The molecule has 0 fully saturated rings. The van der Waals surface area contributed by atoms with Crippen molar-refractivity contribution in [3.8, 4) is 11.8 Å². The first-order chi connectivity index (χ1) is 8.08. The van der Waals surface area contributed by atoms with E-state index in [0.717, 1.165) is 5.56 Å². The molecule has 0 bridgehead atoms. The number of rotatable bonds is 4. The van der Waals surface area contributed by atoms with Crippen molar-refractivity contribution in [1.29, 1.82) is 5.26 Å². The lowest BCUT2D eigenvalue weighted by atomic mass is 10.0. The van der Waals surface area contributed by atoms with Crippen molar-refractivity contribution in [3.05, 3.63) is 23.8 Å². The molecule has 0 aromatic heterocycles. The van der Waals surface area contributed by atoms with Gasteiger partial charge in [-0.3, -0.25) is 4.79 Å². The summed E-state index contributed by atoms with van der Waals surface area (Å²) in [5, 5.41) is 11.1. The highest BCUT2D eigenvalue weighted by atomic mass is 16.5. The summed E-state index contributed by atoms with van der Waals surface area (Å²) in [5.41, 5.74) is 1.73. The van der Waals surface area contributed by atoms with Gasteiger partial charge in [0, 0.05) is 0 Å². The minimum absolute atomic E-state index is 0.158. The average Bonchev–Trinajstić information content (AvgIpc) is 2.29. The molecule has 0 spiro atoms. The average molecular weight is 232 g/mol. The van der Waals surface area contributed by atoms with Crippen LogP contribution >= 0.6 is 0 Å². The lowest BCUT2D eigenvalue weighted by molar-refractivity contribution is -0.115. The van der Waals surface area contributed by atoms with Crippen molar-refractivity contribution < 1.29 is 9.53 Å². The Kier molecular flexibility index (Phi) is 4.53. The molecule has 0 unspecified atom stereocenters. The van der Waals surface area contributed by atoms with E-state index in [0.29, 0.717) is 17.4 Å². The van der Waals surface area contributed by atoms with Crippen molar-refractivity contribution >= 4 is 11.6 Å². The van der Waals surface area contributed by atoms with Gasteiger partial charge >= 0.3 is 0 Å². The Morgan fingerprint density at radius 3 is 2.76 bits per heavy atom. The van der Waals surface area contributed by atoms with Crippen LogP contribution in [0.15, 0.2) is 18.2 Å². The van der Waals surface area contributed by atoms with Gasteiger partial charge in [-0.05, 0) is 23.6 Å². The third-order valence-corrected chi connectivity index (χ3v) is 2.41. The lowest BCUT2D eigenvalue weighted by Gasteiger charge is -2.12. The maximum atomic E-state index is 11.3. The molecular weight excluding hydrogens is 216 g/mol. The van der Waals surface area contributed by atoms with Crippen LogP contribution in [-0.4, -0.2) is 13.0 Å². The fraction of sp³-hybridized carbons (Fsp3) is 0.385. The van der Waals surface area contributed by atoms with Gasteiger partial charge in [-0.2, -0.15) is 5.26 Å². The number of nitrogens with one attached hydrogen (secondary N) is 1. The number of hydrogen-bond acceptors (Lipinski definition) is 3. The molecule has 1 aromatic carbocycles. The van der Waals surface area contributed by atoms with E-state index in [1.165, 1.54) is 0 Å². The van der Waals surface area contributed by atoms with Gasteiger partial charge in [0.25, 0.3) is 0 Å². The van der Waals surface area contributed by atoms with Gasteiger partial charge in [-0.25, -0.2) is 0 Å². The number of ether oxygens (including phenoxy) is 1. The third-order valence-electron chi connectivity index (χ3n) is 2.41. The maximum Gasteiger partial charge on any atom is 0.238 e. The third kappa shape index (κ3) is 3.49. The number of carbonyl (C=O) groups is 1. The van der Waals surface area contributed by atoms with Crippen LogP contribution in [0.2, 0.25) is 0 Å². The van der Waals surface area contributed by atoms with E-state index in [-0.39, 0.29) is 12.3 Å². The Balaban J connectivity index is 2.93. The van der Waals surface area contributed by atoms with Gasteiger partial charge in [0.1, 0.15) is 12.2 Å². The number of anilines is 1. The van der Waals surface area contributed by atoms with E-state index in [4.69, 9.17) is 10.00 Å². The summed E-state index contributed by atoms with van der Waals surface area (Å²) in [7, 11) is 1.55. The zero-order valence-corrected chi connectivity index (χ0v) is 10.3. The molecule has 0 aliphatic heterocycles. The molecule has 0 heterocycles. The zero-order valence-electron chi connectivity index (χ0n) is 10.3. The minimum Gasteiger partial charge on any atom is -0.495 e. The Bertz CT molecular complexity index is 447. The number of carbonyl (C=O) groups excluding carboxylic acids is 1. The molecule has 1 N–H and O–H groups in total.